The van der Waals surface area contributed by atoms with Gasteiger partial charge in [0.1, 0.15) is 0 Å². The van der Waals surface area contributed by atoms with E-state index in [4.69, 9.17) is 4.98 Å². The molecule has 4 heteroatoms. The summed E-state index contributed by atoms with van der Waals surface area (Å²) in [7, 11) is 0. The third-order valence-corrected chi connectivity index (χ3v) is 4.56. The fourth-order valence-corrected chi connectivity index (χ4v) is 3.40. The van der Waals surface area contributed by atoms with Crippen LogP contribution >= 0.6 is 11.3 Å². The molecule has 0 aromatic carbocycles. The van der Waals surface area contributed by atoms with Crippen LogP contribution in [0.5, 0.6) is 0 Å². The second kappa shape index (κ2) is 6.26. The highest BCUT2D eigenvalue weighted by Crippen LogP contribution is 2.21. The number of pyridine rings is 1. The van der Waals surface area contributed by atoms with E-state index >= 15 is 0 Å². The van der Waals surface area contributed by atoms with Crippen LogP contribution in [-0.2, 0) is 6.42 Å². The van der Waals surface area contributed by atoms with E-state index in [1.165, 1.54) is 30.7 Å². The summed E-state index contributed by atoms with van der Waals surface area (Å²) in [6.07, 6.45) is 10.1. The number of nitrogens with zero attached hydrogens (tertiary/aromatic N) is 2. The molecule has 0 saturated heterocycles. The van der Waals surface area contributed by atoms with Crippen LogP contribution in [0.1, 0.15) is 30.7 Å². The molecule has 0 atom stereocenters. The van der Waals surface area contributed by atoms with E-state index in [1.807, 2.05) is 24.5 Å². The van der Waals surface area contributed by atoms with Gasteiger partial charge < -0.3 is 5.32 Å². The lowest BCUT2D eigenvalue weighted by molar-refractivity contribution is 0.527. The van der Waals surface area contributed by atoms with Gasteiger partial charge in [-0.25, -0.2) is 4.98 Å². The van der Waals surface area contributed by atoms with Gasteiger partial charge in [-0.05, 0) is 25.0 Å². The zero-order chi connectivity index (χ0) is 12.9. The van der Waals surface area contributed by atoms with Gasteiger partial charge in [-0.1, -0.05) is 12.8 Å². The Hall–Kier alpha value is -1.26. The molecule has 1 saturated carbocycles. The monoisotopic (exact) mass is 273 g/mol. The van der Waals surface area contributed by atoms with Crippen molar-refractivity contribution in [3.05, 3.63) is 34.9 Å². The maximum atomic E-state index is 4.70. The maximum absolute atomic E-state index is 4.70. The van der Waals surface area contributed by atoms with E-state index in [0.717, 1.165) is 30.3 Å². The zero-order valence-corrected chi connectivity index (χ0v) is 11.8. The van der Waals surface area contributed by atoms with Gasteiger partial charge in [0.05, 0.1) is 10.7 Å². The molecule has 0 bridgehead atoms. The van der Waals surface area contributed by atoms with Crippen molar-refractivity contribution in [2.45, 2.75) is 38.1 Å². The van der Waals surface area contributed by atoms with Crippen molar-refractivity contribution in [1.82, 2.24) is 15.3 Å². The quantitative estimate of drug-likeness (QED) is 0.908. The standard InChI is InChI=1S/C15H19N3S/c1-2-4-13(3-1)17-10-7-15-18-14(11-19-15)12-5-8-16-9-6-12/h5-6,8-9,11,13,17H,1-4,7,10H2. The zero-order valence-electron chi connectivity index (χ0n) is 11.0. The Labute approximate surface area is 118 Å². The first-order valence-corrected chi connectivity index (χ1v) is 7.88. The lowest BCUT2D eigenvalue weighted by Gasteiger charge is -2.10. The molecule has 1 aliphatic carbocycles. The molecule has 0 amide bonds. The van der Waals surface area contributed by atoms with Crippen molar-refractivity contribution in [1.29, 1.82) is 0 Å². The Morgan fingerprint density at radius 3 is 2.79 bits per heavy atom. The summed E-state index contributed by atoms with van der Waals surface area (Å²) in [5.41, 5.74) is 2.23. The van der Waals surface area contributed by atoms with Crippen molar-refractivity contribution in [2.24, 2.45) is 0 Å². The molecule has 0 radical (unpaired) electrons. The van der Waals surface area contributed by atoms with Crippen molar-refractivity contribution < 1.29 is 0 Å². The van der Waals surface area contributed by atoms with E-state index in [1.54, 1.807) is 11.3 Å². The molecular formula is C15H19N3S. The summed E-state index contributed by atoms with van der Waals surface area (Å²) in [5.74, 6) is 0. The molecule has 0 spiro atoms. The van der Waals surface area contributed by atoms with Crippen LogP contribution in [0.2, 0.25) is 0 Å². The minimum Gasteiger partial charge on any atom is -0.314 e. The average molecular weight is 273 g/mol. The van der Waals surface area contributed by atoms with Crippen molar-refractivity contribution in [3.8, 4) is 11.3 Å². The molecule has 2 heterocycles. The van der Waals surface area contributed by atoms with Crippen LogP contribution in [0.25, 0.3) is 11.3 Å². The van der Waals surface area contributed by atoms with Crippen LogP contribution in [0.4, 0.5) is 0 Å². The van der Waals surface area contributed by atoms with Gasteiger partial charge in [0.2, 0.25) is 0 Å². The number of thiazole rings is 1. The predicted octanol–water partition coefficient (Wildman–Crippen LogP) is 3.28. The van der Waals surface area contributed by atoms with E-state index in [9.17, 15) is 0 Å². The Balaban J connectivity index is 1.53. The van der Waals surface area contributed by atoms with Crippen LogP contribution < -0.4 is 5.32 Å². The summed E-state index contributed by atoms with van der Waals surface area (Å²) >= 11 is 1.76. The molecule has 3 nitrogen and oxygen atoms in total. The van der Waals surface area contributed by atoms with Gasteiger partial charge in [-0.2, -0.15) is 0 Å². The third-order valence-electron chi connectivity index (χ3n) is 3.65. The van der Waals surface area contributed by atoms with Gasteiger partial charge in [-0.15, -0.1) is 11.3 Å². The fraction of sp³-hybridized carbons (Fsp3) is 0.467. The largest absolute Gasteiger partial charge is 0.314 e. The molecular weight excluding hydrogens is 254 g/mol. The minimum atomic E-state index is 0.750. The molecule has 1 aliphatic rings. The molecule has 1 N–H and O–H groups in total. The van der Waals surface area contributed by atoms with Crippen LogP contribution in [0, 0.1) is 0 Å². The first kappa shape index (κ1) is 12.8. The summed E-state index contributed by atoms with van der Waals surface area (Å²) in [6, 6.07) is 4.77. The molecule has 100 valence electrons. The maximum Gasteiger partial charge on any atom is 0.0945 e. The SMILES string of the molecule is c1cc(-c2csc(CCNC3CCCC3)n2)ccn1. The normalized spacial score (nSPS) is 16.0. The second-order valence-corrected chi connectivity index (χ2v) is 5.99. The van der Waals surface area contributed by atoms with Gasteiger partial charge in [-0.3, -0.25) is 4.98 Å². The summed E-state index contributed by atoms with van der Waals surface area (Å²) < 4.78 is 0. The minimum absolute atomic E-state index is 0.750. The summed E-state index contributed by atoms with van der Waals surface area (Å²) in [5, 5.41) is 6.99. The second-order valence-electron chi connectivity index (χ2n) is 5.05. The Kier molecular flexibility index (Phi) is 4.20. The van der Waals surface area contributed by atoms with Crippen LogP contribution in [-0.4, -0.2) is 22.6 Å². The van der Waals surface area contributed by atoms with Crippen LogP contribution in [0.3, 0.4) is 0 Å². The number of nitrogens with one attached hydrogen (secondary N) is 1. The highest BCUT2D eigenvalue weighted by Gasteiger charge is 2.13. The van der Waals surface area contributed by atoms with Crippen molar-refractivity contribution >= 4 is 11.3 Å². The van der Waals surface area contributed by atoms with Gasteiger partial charge in [0.15, 0.2) is 0 Å². The van der Waals surface area contributed by atoms with E-state index in [2.05, 4.69) is 15.7 Å². The van der Waals surface area contributed by atoms with E-state index in [0.29, 0.717) is 0 Å². The Morgan fingerprint density at radius 1 is 1.21 bits per heavy atom. The Morgan fingerprint density at radius 2 is 2.00 bits per heavy atom. The van der Waals surface area contributed by atoms with Gasteiger partial charge in [0.25, 0.3) is 0 Å². The fourth-order valence-electron chi connectivity index (χ4n) is 2.59. The van der Waals surface area contributed by atoms with Gasteiger partial charge in [0, 0.05) is 42.3 Å². The number of hydrogen-bond acceptors (Lipinski definition) is 4. The smallest absolute Gasteiger partial charge is 0.0945 e. The molecule has 19 heavy (non-hydrogen) atoms. The highest BCUT2D eigenvalue weighted by molar-refractivity contribution is 7.09. The van der Waals surface area contributed by atoms with Crippen molar-refractivity contribution in [3.63, 3.8) is 0 Å². The average Bonchev–Trinajstić information content (AvgIpc) is 3.11. The first-order chi connectivity index (χ1) is 9.42. The molecule has 3 rings (SSSR count). The summed E-state index contributed by atoms with van der Waals surface area (Å²) in [6.45, 7) is 1.05. The number of rotatable bonds is 5. The van der Waals surface area contributed by atoms with Crippen molar-refractivity contribution in [2.75, 3.05) is 6.54 Å². The van der Waals surface area contributed by atoms with E-state index in [-0.39, 0.29) is 0 Å². The molecule has 2 aromatic heterocycles. The molecule has 0 unspecified atom stereocenters. The Bertz CT molecular complexity index is 503. The lowest BCUT2D eigenvalue weighted by atomic mass is 10.2. The molecule has 0 aliphatic heterocycles. The summed E-state index contributed by atoms with van der Waals surface area (Å²) in [4.78, 5) is 8.73. The molecule has 1 fully saturated rings. The molecule has 2 aromatic rings. The van der Waals surface area contributed by atoms with Crippen LogP contribution in [0.15, 0.2) is 29.9 Å². The highest BCUT2D eigenvalue weighted by atomic mass is 32.1. The third kappa shape index (κ3) is 3.39. The number of aromatic nitrogens is 2. The predicted molar refractivity (Wildman–Crippen MR) is 79.3 cm³/mol. The van der Waals surface area contributed by atoms with Gasteiger partial charge >= 0.3 is 0 Å². The van der Waals surface area contributed by atoms with E-state index < -0.39 is 0 Å². The topological polar surface area (TPSA) is 37.8 Å². The lowest BCUT2D eigenvalue weighted by Crippen LogP contribution is -2.27. The first-order valence-electron chi connectivity index (χ1n) is 7.00. The number of hydrogen-bond donors (Lipinski definition) is 1.